The first kappa shape index (κ1) is 15.9. The molecule has 1 fully saturated rings. The van der Waals surface area contributed by atoms with Crippen molar-refractivity contribution in [3.8, 4) is 0 Å². The van der Waals surface area contributed by atoms with E-state index < -0.39 is 0 Å². The SMILES string of the molecule is CCC1OCCC1C(NN)c1c(Br)cnn1CCOC. The summed E-state index contributed by atoms with van der Waals surface area (Å²) >= 11 is 3.58. The van der Waals surface area contributed by atoms with Crippen LogP contribution in [0.3, 0.4) is 0 Å². The van der Waals surface area contributed by atoms with Crippen LogP contribution in [-0.4, -0.2) is 36.2 Å². The average molecular weight is 347 g/mol. The maximum atomic E-state index is 5.83. The number of methoxy groups -OCH3 is 1. The van der Waals surface area contributed by atoms with Crippen LogP contribution in [0.25, 0.3) is 0 Å². The summed E-state index contributed by atoms with van der Waals surface area (Å²) in [7, 11) is 1.69. The van der Waals surface area contributed by atoms with Gasteiger partial charge in [0.15, 0.2) is 0 Å². The van der Waals surface area contributed by atoms with Gasteiger partial charge in [-0.15, -0.1) is 0 Å². The van der Waals surface area contributed by atoms with Crippen molar-refractivity contribution in [3.05, 3.63) is 16.4 Å². The van der Waals surface area contributed by atoms with Crippen LogP contribution in [-0.2, 0) is 16.0 Å². The Morgan fingerprint density at radius 3 is 3.15 bits per heavy atom. The summed E-state index contributed by atoms with van der Waals surface area (Å²) in [5.41, 5.74) is 4.02. The second-order valence-corrected chi connectivity index (χ2v) is 5.86. The van der Waals surface area contributed by atoms with Gasteiger partial charge < -0.3 is 9.47 Å². The van der Waals surface area contributed by atoms with Gasteiger partial charge in [0.25, 0.3) is 0 Å². The number of nitrogens with zero attached hydrogens (tertiary/aromatic N) is 2. The van der Waals surface area contributed by atoms with E-state index in [2.05, 4.69) is 33.4 Å². The van der Waals surface area contributed by atoms with Gasteiger partial charge in [-0.2, -0.15) is 5.10 Å². The molecule has 3 unspecified atom stereocenters. The lowest BCUT2D eigenvalue weighted by Gasteiger charge is -2.27. The molecule has 0 aliphatic carbocycles. The highest BCUT2D eigenvalue weighted by Crippen LogP contribution is 2.37. The first-order chi connectivity index (χ1) is 9.72. The van der Waals surface area contributed by atoms with Gasteiger partial charge in [0.2, 0.25) is 0 Å². The summed E-state index contributed by atoms with van der Waals surface area (Å²) in [5, 5.41) is 4.40. The van der Waals surface area contributed by atoms with Crippen molar-refractivity contribution in [2.24, 2.45) is 11.8 Å². The number of hydrogen-bond donors (Lipinski definition) is 2. The number of hydrogen-bond acceptors (Lipinski definition) is 5. The first-order valence-corrected chi connectivity index (χ1v) is 7.80. The predicted octanol–water partition coefficient (Wildman–Crippen LogP) is 1.61. The zero-order valence-electron chi connectivity index (χ0n) is 12.0. The van der Waals surface area contributed by atoms with Gasteiger partial charge in [-0.3, -0.25) is 16.0 Å². The Balaban J connectivity index is 2.24. The molecule has 7 heteroatoms. The fourth-order valence-electron chi connectivity index (χ4n) is 2.91. The van der Waals surface area contributed by atoms with Crippen molar-refractivity contribution >= 4 is 15.9 Å². The summed E-state index contributed by atoms with van der Waals surface area (Å²) in [6.45, 7) is 4.27. The summed E-state index contributed by atoms with van der Waals surface area (Å²) in [6, 6.07) is 0.0242. The Kier molecular flexibility index (Phi) is 5.98. The van der Waals surface area contributed by atoms with Crippen LogP contribution in [0.5, 0.6) is 0 Å². The number of ether oxygens (including phenoxy) is 2. The van der Waals surface area contributed by atoms with E-state index in [0.29, 0.717) is 19.1 Å². The number of halogens is 1. The Labute approximate surface area is 128 Å². The minimum absolute atomic E-state index is 0.0242. The van der Waals surface area contributed by atoms with Gasteiger partial charge in [0.1, 0.15) is 0 Å². The maximum absolute atomic E-state index is 5.83. The van der Waals surface area contributed by atoms with E-state index in [9.17, 15) is 0 Å². The molecular weight excluding hydrogens is 324 g/mol. The Morgan fingerprint density at radius 2 is 2.50 bits per heavy atom. The number of aromatic nitrogens is 2. The molecular formula is C13H23BrN4O2. The molecule has 2 rings (SSSR count). The second-order valence-electron chi connectivity index (χ2n) is 5.01. The molecule has 1 saturated heterocycles. The highest BCUT2D eigenvalue weighted by molar-refractivity contribution is 9.10. The lowest BCUT2D eigenvalue weighted by atomic mass is 9.89. The van der Waals surface area contributed by atoms with Crippen molar-refractivity contribution in [1.82, 2.24) is 15.2 Å². The molecule has 3 atom stereocenters. The zero-order valence-corrected chi connectivity index (χ0v) is 13.6. The third-order valence-electron chi connectivity index (χ3n) is 3.91. The van der Waals surface area contributed by atoms with Gasteiger partial charge in [0.05, 0.1) is 41.7 Å². The van der Waals surface area contributed by atoms with E-state index in [1.54, 1.807) is 7.11 Å². The Bertz CT molecular complexity index is 427. The van der Waals surface area contributed by atoms with Gasteiger partial charge in [-0.05, 0) is 28.8 Å². The minimum Gasteiger partial charge on any atom is -0.383 e. The van der Waals surface area contributed by atoms with E-state index in [-0.39, 0.29) is 12.1 Å². The second kappa shape index (κ2) is 7.51. The van der Waals surface area contributed by atoms with Crippen molar-refractivity contribution in [2.75, 3.05) is 20.3 Å². The molecule has 1 aromatic rings. The molecule has 20 heavy (non-hydrogen) atoms. The van der Waals surface area contributed by atoms with Gasteiger partial charge in [-0.25, -0.2) is 0 Å². The molecule has 0 amide bonds. The molecule has 114 valence electrons. The lowest BCUT2D eigenvalue weighted by Crippen LogP contribution is -2.38. The van der Waals surface area contributed by atoms with Crippen LogP contribution in [0.15, 0.2) is 10.7 Å². The number of rotatable bonds is 7. The smallest absolute Gasteiger partial charge is 0.0714 e. The van der Waals surface area contributed by atoms with E-state index in [1.807, 2.05) is 10.9 Å². The van der Waals surface area contributed by atoms with Crippen LogP contribution < -0.4 is 11.3 Å². The third kappa shape index (κ3) is 3.23. The molecule has 0 saturated carbocycles. The quantitative estimate of drug-likeness (QED) is 0.579. The maximum Gasteiger partial charge on any atom is 0.0714 e. The standard InChI is InChI=1S/C13H23BrN4O2/c1-3-11-9(4-6-20-11)12(17-15)13-10(14)8-16-18(13)5-7-19-2/h8-9,11-12,17H,3-7,15H2,1-2H3. The zero-order chi connectivity index (χ0) is 14.5. The van der Waals surface area contributed by atoms with Gasteiger partial charge >= 0.3 is 0 Å². The molecule has 0 aromatic carbocycles. The van der Waals surface area contributed by atoms with Crippen molar-refractivity contribution in [1.29, 1.82) is 0 Å². The Hall–Kier alpha value is -0.470. The highest BCUT2D eigenvalue weighted by Gasteiger charge is 2.36. The highest BCUT2D eigenvalue weighted by atomic mass is 79.9. The molecule has 0 bridgehead atoms. The van der Waals surface area contributed by atoms with Crippen molar-refractivity contribution < 1.29 is 9.47 Å². The number of nitrogens with two attached hydrogens (primary N) is 1. The molecule has 0 spiro atoms. The van der Waals surface area contributed by atoms with Gasteiger partial charge in [-0.1, -0.05) is 6.92 Å². The summed E-state index contributed by atoms with van der Waals surface area (Å²) in [5.74, 6) is 6.19. The van der Waals surface area contributed by atoms with Gasteiger partial charge in [0, 0.05) is 19.6 Å². The van der Waals surface area contributed by atoms with E-state index in [0.717, 1.165) is 29.6 Å². The largest absolute Gasteiger partial charge is 0.383 e. The molecule has 1 aliphatic rings. The van der Waals surface area contributed by atoms with Crippen LogP contribution in [0, 0.1) is 5.92 Å². The molecule has 0 radical (unpaired) electrons. The molecule has 6 nitrogen and oxygen atoms in total. The molecule has 1 aliphatic heterocycles. The third-order valence-corrected chi connectivity index (χ3v) is 4.52. The van der Waals surface area contributed by atoms with Crippen LogP contribution in [0.1, 0.15) is 31.5 Å². The van der Waals surface area contributed by atoms with Crippen molar-refractivity contribution in [3.63, 3.8) is 0 Å². The first-order valence-electron chi connectivity index (χ1n) is 7.00. The predicted molar refractivity (Wildman–Crippen MR) is 80.0 cm³/mol. The van der Waals surface area contributed by atoms with Crippen LogP contribution in [0.2, 0.25) is 0 Å². The minimum atomic E-state index is 0.0242. The average Bonchev–Trinajstić information content (AvgIpc) is 3.06. The van der Waals surface area contributed by atoms with E-state index in [1.165, 1.54) is 0 Å². The Morgan fingerprint density at radius 1 is 1.70 bits per heavy atom. The number of hydrazine groups is 1. The molecule has 3 N–H and O–H groups in total. The molecule has 2 heterocycles. The topological polar surface area (TPSA) is 74.3 Å². The van der Waals surface area contributed by atoms with Crippen LogP contribution >= 0.6 is 15.9 Å². The van der Waals surface area contributed by atoms with Crippen molar-refractivity contribution in [2.45, 2.75) is 38.5 Å². The normalized spacial score (nSPS) is 24.2. The van der Waals surface area contributed by atoms with E-state index in [4.69, 9.17) is 15.3 Å². The lowest BCUT2D eigenvalue weighted by molar-refractivity contribution is 0.0760. The number of nitrogens with one attached hydrogen (secondary N) is 1. The fraction of sp³-hybridized carbons (Fsp3) is 0.769. The summed E-state index contributed by atoms with van der Waals surface area (Å²) in [4.78, 5) is 0. The molecule has 1 aromatic heterocycles. The fourth-order valence-corrected chi connectivity index (χ4v) is 3.45. The monoisotopic (exact) mass is 346 g/mol. The van der Waals surface area contributed by atoms with Crippen LogP contribution in [0.4, 0.5) is 0 Å². The summed E-state index contributed by atoms with van der Waals surface area (Å²) in [6.07, 6.45) is 4.06. The summed E-state index contributed by atoms with van der Waals surface area (Å²) < 4.78 is 13.8. The van der Waals surface area contributed by atoms with E-state index >= 15 is 0 Å².